The van der Waals surface area contributed by atoms with E-state index >= 15 is 0 Å². The zero-order chi connectivity index (χ0) is 18.1. The van der Waals surface area contributed by atoms with Crippen molar-refractivity contribution in [1.29, 1.82) is 0 Å². The molecule has 0 atom stereocenters. The summed E-state index contributed by atoms with van der Waals surface area (Å²) in [6.07, 6.45) is 0. The molecule has 2 rings (SSSR count). The second-order valence-electron chi connectivity index (χ2n) is 5.75. The molecule has 0 heterocycles. The number of methoxy groups -OCH3 is 1. The maximum Gasteiger partial charge on any atom is 0.262 e. The molecule has 0 bridgehead atoms. The first-order valence-electron chi connectivity index (χ1n) is 7.32. The van der Waals surface area contributed by atoms with E-state index in [0.29, 0.717) is 11.3 Å². The molecular weight excluding hydrogens is 353 g/mol. The molecule has 0 aliphatic rings. The Labute approximate surface area is 146 Å². The number of sulfonamides is 1. The van der Waals surface area contributed by atoms with E-state index in [1.165, 1.54) is 12.1 Å². The standard InChI is InChI=1S/C17H19ClFNO3S/c1-10(2)13-9-17(11(3)7-16(13)23-4)24(21,22)20-12-5-6-15(19)14(18)8-12/h5-10,20H,1-4H3. The lowest BCUT2D eigenvalue weighted by Crippen LogP contribution is -2.15. The number of hydrogen-bond acceptors (Lipinski definition) is 3. The largest absolute Gasteiger partial charge is 0.496 e. The third-order valence-electron chi connectivity index (χ3n) is 3.61. The fourth-order valence-electron chi connectivity index (χ4n) is 2.36. The van der Waals surface area contributed by atoms with Gasteiger partial charge in [-0.25, -0.2) is 12.8 Å². The molecule has 7 heteroatoms. The van der Waals surface area contributed by atoms with Crippen LogP contribution in [0.5, 0.6) is 5.75 Å². The first-order chi connectivity index (χ1) is 11.2. The molecule has 0 spiro atoms. The number of benzene rings is 2. The first kappa shape index (κ1) is 18.5. The molecule has 0 amide bonds. The molecular formula is C17H19ClFNO3S. The van der Waals surface area contributed by atoms with Crippen molar-refractivity contribution in [1.82, 2.24) is 0 Å². The first-order valence-corrected chi connectivity index (χ1v) is 9.18. The Bertz CT molecular complexity index is 866. The fraction of sp³-hybridized carbons (Fsp3) is 0.294. The van der Waals surface area contributed by atoms with Gasteiger partial charge < -0.3 is 4.74 Å². The molecule has 0 fully saturated rings. The second-order valence-corrected chi connectivity index (χ2v) is 7.81. The van der Waals surface area contributed by atoms with Crippen LogP contribution in [0.2, 0.25) is 5.02 Å². The minimum absolute atomic E-state index is 0.0924. The van der Waals surface area contributed by atoms with Gasteiger partial charge in [0.1, 0.15) is 11.6 Å². The van der Waals surface area contributed by atoms with Gasteiger partial charge in [0.05, 0.1) is 22.7 Å². The molecule has 2 aromatic carbocycles. The molecule has 4 nitrogen and oxygen atoms in total. The summed E-state index contributed by atoms with van der Waals surface area (Å²) in [5, 5.41) is -0.149. The van der Waals surface area contributed by atoms with Crippen molar-refractivity contribution >= 4 is 27.3 Å². The average molecular weight is 372 g/mol. The van der Waals surface area contributed by atoms with Gasteiger partial charge >= 0.3 is 0 Å². The Morgan fingerprint density at radius 2 is 1.88 bits per heavy atom. The van der Waals surface area contributed by atoms with Crippen LogP contribution in [0.25, 0.3) is 0 Å². The molecule has 0 aliphatic heterocycles. The van der Waals surface area contributed by atoms with Crippen LogP contribution >= 0.6 is 11.6 Å². The number of hydrogen-bond donors (Lipinski definition) is 1. The number of halogens is 2. The monoisotopic (exact) mass is 371 g/mol. The Balaban J connectivity index is 2.48. The summed E-state index contributed by atoms with van der Waals surface area (Å²) in [6.45, 7) is 5.60. The highest BCUT2D eigenvalue weighted by Crippen LogP contribution is 2.32. The second kappa shape index (κ2) is 6.99. The maximum absolute atomic E-state index is 13.2. The van der Waals surface area contributed by atoms with Gasteiger partial charge in [0.25, 0.3) is 10.0 Å². The maximum atomic E-state index is 13.2. The highest BCUT2D eigenvalue weighted by Gasteiger charge is 2.21. The lowest BCUT2D eigenvalue weighted by molar-refractivity contribution is 0.406. The van der Waals surface area contributed by atoms with Gasteiger partial charge in [-0.3, -0.25) is 4.72 Å². The lowest BCUT2D eigenvalue weighted by atomic mass is 10.0. The molecule has 0 unspecified atom stereocenters. The van der Waals surface area contributed by atoms with E-state index in [1.807, 2.05) is 13.8 Å². The summed E-state index contributed by atoms with van der Waals surface area (Å²) in [5.74, 6) is 0.128. The quantitative estimate of drug-likeness (QED) is 0.827. The highest BCUT2D eigenvalue weighted by atomic mass is 35.5. The Kier molecular flexibility index (Phi) is 5.40. The van der Waals surface area contributed by atoms with Crippen LogP contribution in [0, 0.1) is 12.7 Å². The molecule has 0 saturated carbocycles. The summed E-state index contributed by atoms with van der Waals surface area (Å²) < 4.78 is 46.4. The van der Waals surface area contributed by atoms with Crippen LogP contribution in [0.4, 0.5) is 10.1 Å². The summed E-state index contributed by atoms with van der Waals surface area (Å²) in [4.78, 5) is 0.146. The van der Waals surface area contributed by atoms with Gasteiger partial charge in [0, 0.05) is 0 Å². The Morgan fingerprint density at radius 1 is 1.21 bits per heavy atom. The number of rotatable bonds is 5. The number of ether oxygens (including phenoxy) is 1. The summed E-state index contributed by atoms with van der Waals surface area (Å²) in [6, 6.07) is 6.96. The molecule has 24 heavy (non-hydrogen) atoms. The number of nitrogens with one attached hydrogen (secondary N) is 1. The van der Waals surface area contributed by atoms with Crippen LogP contribution < -0.4 is 9.46 Å². The molecule has 2 aromatic rings. The summed E-state index contributed by atoms with van der Waals surface area (Å²) in [5.41, 5.74) is 1.54. The van der Waals surface area contributed by atoms with E-state index in [-0.39, 0.29) is 21.5 Å². The lowest BCUT2D eigenvalue weighted by Gasteiger charge is -2.17. The van der Waals surface area contributed by atoms with Gasteiger partial charge in [0.2, 0.25) is 0 Å². The van der Waals surface area contributed by atoms with E-state index in [4.69, 9.17) is 16.3 Å². The van der Waals surface area contributed by atoms with Gasteiger partial charge in [0.15, 0.2) is 0 Å². The third-order valence-corrected chi connectivity index (χ3v) is 5.42. The van der Waals surface area contributed by atoms with Gasteiger partial charge in [-0.2, -0.15) is 0 Å². The highest BCUT2D eigenvalue weighted by molar-refractivity contribution is 7.92. The fourth-order valence-corrected chi connectivity index (χ4v) is 3.86. The predicted octanol–water partition coefficient (Wildman–Crippen LogP) is 4.72. The number of anilines is 1. The van der Waals surface area contributed by atoms with Gasteiger partial charge in [-0.05, 0) is 54.3 Å². The topological polar surface area (TPSA) is 55.4 Å². The van der Waals surface area contributed by atoms with Crippen LogP contribution in [-0.2, 0) is 10.0 Å². The predicted molar refractivity (Wildman–Crippen MR) is 94.0 cm³/mol. The van der Waals surface area contributed by atoms with Crippen LogP contribution in [0.15, 0.2) is 35.2 Å². The van der Waals surface area contributed by atoms with E-state index in [9.17, 15) is 12.8 Å². The SMILES string of the molecule is COc1cc(C)c(S(=O)(=O)Nc2ccc(F)c(Cl)c2)cc1C(C)C. The Morgan fingerprint density at radius 3 is 2.42 bits per heavy atom. The van der Waals surface area contributed by atoms with Crippen molar-refractivity contribution in [2.75, 3.05) is 11.8 Å². The minimum Gasteiger partial charge on any atom is -0.496 e. The van der Waals surface area contributed by atoms with Crippen molar-refractivity contribution in [3.8, 4) is 5.75 Å². The molecule has 130 valence electrons. The van der Waals surface area contributed by atoms with Crippen molar-refractivity contribution in [3.63, 3.8) is 0 Å². The van der Waals surface area contributed by atoms with Crippen molar-refractivity contribution in [2.45, 2.75) is 31.6 Å². The zero-order valence-corrected chi connectivity index (χ0v) is 15.4. The minimum atomic E-state index is -3.84. The van der Waals surface area contributed by atoms with E-state index in [2.05, 4.69) is 4.72 Å². The third kappa shape index (κ3) is 3.82. The van der Waals surface area contributed by atoms with Crippen molar-refractivity contribution in [2.24, 2.45) is 0 Å². The van der Waals surface area contributed by atoms with Crippen LogP contribution in [-0.4, -0.2) is 15.5 Å². The van der Waals surface area contributed by atoms with Gasteiger partial charge in [-0.15, -0.1) is 0 Å². The Hall–Kier alpha value is -1.79. The molecule has 1 N–H and O–H groups in total. The van der Waals surface area contributed by atoms with E-state index < -0.39 is 15.8 Å². The van der Waals surface area contributed by atoms with Crippen LogP contribution in [0.1, 0.15) is 30.9 Å². The number of aryl methyl sites for hydroxylation is 1. The zero-order valence-electron chi connectivity index (χ0n) is 13.9. The van der Waals surface area contributed by atoms with Crippen molar-refractivity contribution < 1.29 is 17.5 Å². The average Bonchev–Trinajstić information content (AvgIpc) is 2.49. The van der Waals surface area contributed by atoms with E-state index in [1.54, 1.807) is 26.2 Å². The molecule has 0 aliphatic carbocycles. The molecule has 0 saturated heterocycles. The van der Waals surface area contributed by atoms with Gasteiger partial charge in [-0.1, -0.05) is 25.4 Å². The molecule has 0 radical (unpaired) electrons. The van der Waals surface area contributed by atoms with E-state index in [0.717, 1.165) is 11.6 Å². The van der Waals surface area contributed by atoms with Crippen molar-refractivity contribution in [3.05, 3.63) is 52.3 Å². The summed E-state index contributed by atoms with van der Waals surface area (Å²) >= 11 is 5.70. The smallest absolute Gasteiger partial charge is 0.262 e. The normalized spacial score (nSPS) is 11.6. The summed E-state index contributed by atoms with van der Waals surface area (Å²) in [7, 11) is -2.29. The molecule has 0 aromatic heterocycles. The van der Waals surface area contributed by atoms with Crippen LogP contribution in [0.3, 0.4) is 0 Å².